The molecule has 1 fully saturated rings. The van der Waals surface area contributed by atoms with Crippen LogP contribution in [0.1, 0.15) is 37.1 Å². The molecule has 4 rings (SSSR count). The molecule has 1 aliphatic rings. The van der Waals surface area contributed by atoms with Crippen LogP contribution in [0, 0.1) is 0 Å². The summed E-state index contributed by atoms with van der Waals surface area (Å²) in [6, 6.07) is 8.71. The second-order valence-corrected chi connectivity index (χ2v) is 7.12. The number of rotatable bonds is 6. The van der Waals surface area contributed by atoms with Gasteiger partial charge in [-0.15, -0.1) is 5.10 Å². The molecule has 1 saturated heterocycles. The number of nitrogens with zero attached hydrogens (tertiary/aromatic N) is 4. The predicted molar refractivity (Wildman–Crippen MR) is 101 cm³/mol. The van der Waals surface area contributed by atoms with Crippen LogP contribution in [-0.4, -0.2) is 38.2 Å². The highest BCUT2D eigenvalue weighted by atomic mass is 19.4. The number of aromatic nitrogens is 4. The Morgan fingerprint density at radius 2 is 2.03 bits per heavy atom. The van der Waals surface area contributed by atoms with E-state index in [2.05, 4.69) is 20.4 Å². The molecule has 1 aliphatic heterocycles. The van der Waals surface area contributed by atoms with E-state index in [-0.39, 0.29) is 17.8 Å². The summed E-state index contributed by atoms with van der Waals surface area (Å²) in [6.07, 6.45) is 0.133. The van der Waals surface area contributed by atoms with Gasteiger partial charge >= 0.3 is 6.18 Å². The maximum atomic E-state index is 12.9. The van der Waals surface area contributed by atoms with E-state index in [1.54, 1.807) is 18.2 Å². The zero-order chi connectivity index (χ0) is 21.1. The minimum Gasteiger partial charge on any atom is -0.378 e. The van der Waals surface area contributed by atoms with Gasteiger partial charge in [0, 0.05) is 31.3 Å². The quantitative estimate of drug-likeness (QED) is 0.663. The molecular formula is C20H20F3N5O2. The van der Waals surface area contributed by atoms with Crippen molar-refractivity contribution in [2.45, 2.75) is 44.5 Å². The lowest BCUT2D eigenvalue weighted by Gasteiger charge is -2.10. The highest BCUT2D eigenvalue weighted by Crippen LogP contribution is 2.28. The van der Waals surface area contributed by atoms with Crippen molar-refractivity contribution in [2.75, 3.05) is 6.61 Å². The van der Waals surface area contributed by atoms with E-state index in [1.807, 2.05) is 12.1 Å². The van der Waals surface area contributed by atoms with E-state index >= 15 is 0 Å². The largest absolute Gasteiger partial charge is 0.453 e. The van der Waals surface area contributed by atoms with Gasteiger partial charge in [-0.1, -0.05) is 24.3 Å². The monoisotopic (exact) mass is 419 g/mol. The van der Waals surface area contributed by atoms with Crippen LogP contribution >= 0.6 is 0 Å². The van der Waals surface area contributed by atoms with Crippen LogP contribution in [0.5, 0.6) is 0 Å². The molecule has 0 radical (unpaired) electrons. The highest BCUT2D eigenvalue weighted by Gasteiger charge is 2.36. The molecule has 0 spiro atoms. The van der Waals surface area contributed by atoms with E-state index in [9.17, 15) is 18.0 Å². The number of alkyl halides is 3. The molecule has 1 aromatic carbocycles. The minimum atomic E-state index is -4.64. The fourth-order valence-electron chi connectivity index (χ4n) is 3.38. The Morgan fingerprint density at radius 1 is 1.23 bits per heavy atom. The fraction of sp³-hybridized carbons (Fsp3) is 0.400. The van der Waals surface area contributed by atoms with Gasteiger partial charge in [0.05, 0.1) is 11.8 Å². The highest BCUT2D eigenvalue weighted by molar-refractivity contribution is 5.75. The minimum absolute atomic E-state index is 0.0345. The summed E-state index contributed by atoms with van der Waals surface area (Å²) in [7, 11) is 0. The van der Waals surface area contributed by atoms with Crippen LogP contribution in [-0.2, 0) is 22.3 Å². The van der Waals surface area contributed by atoms with Gasteiger partial charge in [-0.2, -0.15) is 22.7 Å². The zero-order valence-electron chi connectivity index (χ0n) is 16.0. The molecule has 2 aromatic heterocycles. The first-order valence-electron chi connectivity index (χ1n) is 9.67. The van der Waals surface area contributed by atoms with E-state index in [0.717, 1.165) is 35.9 Å². The first-order chi connectivity index (χ1) is 14.4. The van der Waals surface area contributed by atoms with Crippen LogP contribution in [0.25, 0.3) is 17.0 Å². The summed E-state index contributed by atoms with van der Waals surface area (Å²) in [4.78, 5) is 19.3. The third-order valence-corrected chi connectivity index (χ3v) is 4.95. The molecular weight excluding hydrogens is 399 g/mol. The SMILES string of the molecule is O=C(CC[C@H]1CCCO1)NCc1ccc(-c2ccnc3nc(C(F)(F)F)nn23)cc1. The average molecular weight is 419 g/mol. The standard InChI is InChI=1S/C20H20F3N5O2/c21-20(22,23)18-26-19-24-10-9-16(28(19)27-18)14-5-3-13(4-6-14)12-25-17(29)8-7-15-2-1-11-30-15/h3-6,9-10,15H,1-2,7-8,11-12H2,(H,25,29)/t15-/m1/s1. The summed E-state index contributed by atoms with van der Waals surface area (Å²) in [5.74, 6) is -1.39. The summed E-state index contributed by atoms with van der Waals surface area (Å²) in [5.41, 5.74) is 1.98. The molecule has 1 amide bonds. The van der Waals surface area contributed by atoms with Crippen molar-refractivity contribution in [3.05, 3.63) is 47.9 Å². The maximum absolute atomic E-state index is 12.9. The van der Waals surface area contributed by atoms with Crippen molar-refractivity contribution in [1.82, 2.24) is 24.9 Å². The summed E-state index contributed by atoms with van der Waals surface area (Å²) >= 11 is 0. The van der Waals surface area contributed by atoms with Crippen LogP contribution in [0.3, 0.4) is 0 Å². The molecule has 0 saturated carbocycles. The van der Waals surface area contributed by atoms with Gasteiger partial charge < -0.3 is 10.1 Å². The lowest BCUT2D eigenvalue weighted by atomic mass is 10.1. The molecule has 3 heterocycles. The number of hydrogen-bond acceptors (Lipinski definition) is 5. The van der Waals surface area contributed by atoms with Gasteiger partial charge in [-0.25, -0.2) is 4.98 Å². The normalized spacial score (nSPS) is 16.8. The molecule has 0 bridgehead atoms. The number of amides is 1. The van der Waals surface area contributed by atoms with E-state index in [4.69, 9.17) is 4.74 Å². The van der Waals surface area contributed by atoms with Gasteiger partial charge in [-0.3, -0.25) is 4.79 Å². The zero-order valence-corrected chi connectivity index (χ0v) is 16.0. The smallest absolute Gasteiger partial charge is 0.378 e. The number of hydrogen-bond donors (Lipinski definition) is 1. The Morgan fingerprint density at radius 3 is 2.73 bits per heavy atom. The number of carbonyl (C=O) groups excluding carboxylic acids is 1. The van der Waals surface area contributed by atoms with Crippen LogP contribution in [0.15, 0.2) is 36.5 Å². The van der Waals surface area contributed by atoms with Gasteiger partial charge in [0.2, 0.25) is 5.91 Å². The Labute approximate surface area is 170 Å². The first kappa shape index (κ1) is 20.3. The molecule has 1 N–H and O–H groups in total. The lowest BCUT2D eigenvalue weighted by molar-refractivity contribution is -0.144. The number of halogens is 3. The van der Waals surface area contributed by atoms with E-state index in [1.165, 1.54) is 6.20 Å². The Hall–Kier alpha value is -3.01. The van der Waals surface area contributed by atoms with Gasteiger partial charge in [0.25, 0.3) is 11.6 Å². The van der Waals surface area contributed by atoms with Crippen molar-refractivity contribution < 1.29 is 22.7 Å². The fourth-order valence-corrected chi connectivity index (χ4v) is 3.38. The topological polar surface area (TPSA) is 81.4 Å². The average Bonchev–Trinajstić information content (AvgIpc) is 3.40. The molecule has 3 aromatic rings. The Bertz CT molecular complexity index is 1030. The second-order valence-electron chi connectivity index (χ2n) is 7.12. The van der Waals surface area contributed by atoms with Crippen LogP contribution in [0.2, 0.25) is 0 Å². The van der Waals surface area contributed by atoms with Crippen molar-refractivity contribution in [3.8, 4) is 11.3 Å². The van der Waals surface area contributed by atoms with E-state index in [0.29, 0.717) is 24.2 Å². The maximum Gasteiger partial charge on any atom is 0.453 e. The number of ether oxygens (including phenoxy) is 1. The number of carbonyl (C=O) groups is 1. The van der Waals surface area contributed by atoms with Gasteiger partial charge in [-0.05, 0) is 30.9 Å². The third-order valence-electron chi connectivity index (χ3n) is 4.95. The molecule has 0 unspecified atom stereocenters. The Balaban J connectivity index is 1.41. The molecule has 7 nitrogen and oxygen atoms in total. The van der Waals surface area contributed by atoms with Crippen LogP contribution < -0.4 is 5.32 Å². The summed E-state index contributed by atoms with van der Waals surface area (Å²) in [5, 5.41) is 6.42. The van der Waals surface area contributed by atoms with Gasteiger partial charge in [0.15, 0.2) is 0 Å². The Kier molecular flexibility index (Phi) is 5.67. The first-order valence-corrected chi connectivity index (χ1v) is 9.67. The van der Waals surface area contributed by atoms with Gasteiger partial charge in [0.1, 0.15) is 0 Å². The third kappa shape index (κ3) is 4.59. The van der Waals surface area contributed by atoms with Crippen molar-refractivity contribution >= 4 is 11.7 Å². The van der Waals surface area contributed by atoms with E-state index < -0.39 is 12.0 Å². The predicted octanol–water partition coefficient (Wildman–Crippen LogP) is 3.39. The van der Waals surface area contributed by atoms with Crippen molar-refractivity contribution in [1.29, 1.82) is 0 Å². The second kappa shape index (κ2) is 8.39. The molecule has 10 heteroatoms. The molecule has 158 valence electrons. The van der Waals surface area contributed by atoms with Crippen LogP contribution in [0.4, 0.5) is 13.2 Å². The van der Waals surface area contributed by atoms with Crippen molar-refractivity contribution in [3.63, 3.8) is 0 Å². The molecule has 0 aliphatic carbocycles. The summed E-state index contributed by atoms with van der Waals surface area (Å²) in [6.45, 7) is 1.15. The number of benzene rings is 1. The molecule has 1 atom stereocenters. The molecule has 30 heavy (non-hydrogen) atoms. The number of fused-ring (bicyclic) bond motifs is 1. The summed E-state index contributed by atoms with van der Waals surface area (Å²) < 4.78 is 45.3. The lowest BCUT2D eigenvalue weighted by Crippen LogP contribution is -2.23. The number of nitrogens with one attached hydrogen (secondary N) is 1. The van der Waals surface area contributed by atoms with Crippen molar-refractivity contribution in [2.24, 2.45) is 0 Å².